The van der Waals surface area contributed by atoms with E-state index in [0.29, 0.717) is 0 Å². The van der Waals surface area contributed by atoms with Crippen LogP contribution < -0.4 is 4.72 Å². The lowest BCUT2D eigenvalue weighted by Crippen LogP contribution is -2.48. The Morgan fingerprint density at radius 2 is 1.67 bits per heavy atom. The standard InChI is InChI=1S/C13H27NO3S/c1-10(8-15)18(16,17)14-11-6-12(2,3)9-13(4,5)7-11/h10-11,14-15H,6-9H2,1-5H3. The highest BCUT2D eigenvalue weighted by molar-refractivity contribution is 7.90. The first-order valence-electron chi connectivity index (χ1n) is 6.59. The topological polar surface area (TPSA) is 66.4 Å². The van der Waals surface area contributed by atoms with Crippen molar-refractivity contribution in [3.05, 3.63) is 0 Å². The van der Waals surface area contributed by atoms with Crippen LogP contribution in [-0.2, 0) is 10.0 Å². The Balaban J connectivity index is 2.79. The van der Waals surface area contributed by atoms with Crippen molar-refractivity contribution in [2.45, 2.75) is 65.2 Å². The first-order valence-corrected chi connectivity index (χ1v) is 8.14. The normalized spacial score (nSPS) is 25.9. The summed E-state index contributed by atoms with van der Waals surface area (Å²) in [5.74, 6) is 0. The first kappa shape index (κ1) is 15.9. The smallest absolute Gasteiger partial charge is 0.216 e. The maximum Gasteiger partial charge on any atom is 0.216 e. The summed E-state index contributed by atoms with van der Waals surface area (Å²) in [5, 5.41) is 8.24. The zero-order chi connectivity index (χ0) is 14.2. The largest absolute Gasteiger partial charge is 0.395 e. The summed E-state index contributed by atoms with van der Waals surface area (Å²) < 4.78 is 26.7. The molecule has 1 aliphatic carbocycles. The molecule has 0 radical (unpaired) electrons. The SMILES string of the molecule is CC(CO)S(=O)(=O)NC1CC(C)(C)CC(C)(C)C1. The molecule has 0 aliphatic heterocycles. The number of rotatable bonds is 4. The molecule has 1 saturated carbocycles. The minimum Gasteiger partial charge on any atom is -0.395 e. The molecular weight excluding hydrogens is 250 g/mol. The van der Waals surface area contributed by atoms with Crippen molar-refractivity contribution in [2.75, 3.05) is 6.61 Å². The molecule has 1 fully saturated rings. The molecule has 0 aromatic rings. The Kier molecular flexibility index (Phi) is 4.51. The predicted molar refractivity (Wildman–Crippen MR) is 73.8 cm³/mol. The van der Waals surface area contributed by atoms with Gasteiger partial charge in [0, 0.05) is 6.04 Å². The van der Waals surface area contributed by atoms with Gasteiger partial charge in [0.25, 0.3) is 0 Å². The van der Waals surface area contributed by atoms with E-state index in [-0.39, 0.29) is 23.5 Å². The van der Waals surface area contributed by atoms with Crippen LogP contribution in [-0.4, -0.2) is 31.4 Å². The molecule has 0 spiro atoms. The summed E-state index contributed by atoms with van der Waals surface area (Å²) in [6.07, 6.45) is 2.81. The number of aliphatic hydroxyl groups is 1. The van der Waals surface area contributed by atoms with Crippen LogP contribution in [0.5, 0.6) is 0 Å². The molecule has 1 atom stereocenters. The maximum absolute atomic E-state index is 12.0. The van der Waals surface area contributed by atoms with E-state index in [1.54, 1.807) is 0 Å². The monoisotopic (exact) mass is 277 g/mol. The molecule has 5 heteroatoms. The van der Waals surface area contributed by atoms with Gasteiger partial charge in [-0.25, -0.2) is 13.1 Å². The van der Waals surface area contributed by atoms with Crippen molar-refractivity contribution >= 4 is 10.0 Å². The minimum absolute atomic E-state index is 0.0252. The summed E-state index contributed by atoms with van der Waals surface area (Å²) in [7, 11) is -3.41. The lowest BCUT2D eigenvalue weighted by molar-refractivity contribution is 0.0932. The van der Waals surface area contributed by atoms with Crippen molar-refractivity contribution < 1.29 is 13.5 Å². The number of sulfonamides is 1. The van der Waals surface area contributed by atoms with E-state index in [1.807, 2.05) is 0 Å². The number of nitrogens with one attached hydrogen (secondary N) is 1. The fraction of sp³-hybridized carbons (Fsp3) is 1.00. The van der Waals surface area contributed by atoms with Crippen LogP contribution in [0.15, 0.2) is 0 Å². The van der Waals surface area contributed by atoms with Crippen LogP contribution in [0, 0.1) is 10.8 Å². The molecule has 1 rings (SSSR count). The van der Waals surface area contributed by atoms with Crippen LogP contribution in [0.4, 0.5) is 0 Å². The molecular formula is C13H27NO3S. The maximum atomic E-state index is 12.0. The van der Waals surface area contributed by atoms with Crippen molar-refractivity contribution in [3.63, 3.8) is 0 Å². The fourth-order valence-corrected chi connectivity index (χ4v) is 4.44. The van der Waals surface area contributed by atoms with E-state index in [9.17, 15) is 8.42 Å². The molecule has 1 unspecified atom stereocenters. The van der Waals surface area contributed by atoms with Crippen LogP contribution in [0.3, 0.4) is 0 Å². The highest BCUT2D eigenvalue weighted by Crippen LogP contribution is 2.45. The molecule has 0 aromatic carbocycles. The second-order valence-electron chi connectivity index (χ2n) is 7.27. The van der Waals surface area contributed by atoms with Gasteiger partial charge in [-0.2, -0.15) is 0 Å². The zero-order valence-corrected chi connectivity index (χ0v) is 13.0. The Bertz CT molecular complexity index is 371. The fourth-order valence-electron chi connectivity index (χ4n) is 3.38. The number of hydrogen-bond acceptors (Lipinski definition) is 3. The van der Waals surface area contributed by atoms with Crippen LogP contribution in [0.1, 0.15) is 53.9 Å². The van der Waals surface area contributed by atoms with Gasteiger partial charge in [-0.1, -0.05) is 27.7 Å². The quantitative estimate of drug-likeness (QED) is 0.824. The van der Waals surface area contributed by atoms with Crippen molar-refractivity contribution in [1.82, 2.24) is 4.72 Å². The highest BCUT2D eigenvalue weighted by Gasteiger charge is 2.40. The van der Waals surface area contributed by atoms with Gasteiger partial charge in [-0.3, -0.25) is 0 Å². The van der Waals surface area contributed by atoms with E-state index in [0.717, 1.165) is 19.3 Å². The summed E-state index contributed by atoms with van der Waals surface area (Å²) in [4.78, 5) is 0. The van der Waals surface area contributed by atoms with Crippen molar-refractivity contribution in [3.8, 4) is 0 Å². The number of aliphatic hydroxyl groups excluding tert-OH is 1. The third-order valence-electron chi connectivity index (χ3n) is 3.67. The van der Waals surface area contributed by atoms with E-state index in [1.165, 1.54) is 6.92 Å². The molecule has 0 heterocycles. The zero-order valence-electron chi connectivity index (χ0n) is 12.2. The Hall–Kier alpha value is -0.130. The van der Waals surface area contributed by atoms with Gasteiger partial charge in [0.15, 0.2) is 0 Å². The molecule has 0 saturated heterocycles. The second kappa shape index (κ2) is 5.10. The molecule has 1 aliphatic rings. The highest BCUT2D eigenvalue weighted by atomic mass is 32.2. The van der Waals surface area contributed by atoms with Gasteiger partial charge in [-0.15, -0.1) is 0 Å². The Morgan fingerprint density at radius 3 is 2.06 bits per heavy atom. The van der Waals surface area contributed by atoms with Crippen LogP contribution >= 0.6 is 0 Å². The molecule has 18 heavy (non-hydrogen) atoms. The Labute approximate surface area is 111 Å². The second-order valence-corrected chi connectivity index (χ2v) is 9.40. The lowest BCUT2D eigenvalue weighted by atomic mass is 9.64. The minimum atomic E-state index is -3.41. The molecule has 108 valence electrons. The molecule has 0 aromatic heterocycles. The van der Waals surface area contributed by atoms with Gasteiger partial charge >= 0.3 is 0 Å². The summed E-state index contributed by atoms with van der Waals surface area (Å²) in [6, 6.07) is -0.0252. The van der Waals surface area contributed by atoms with Crippen LogP contribution in [0.2, 0.25) is 0 Å². The van der Waals surface area contributed by atoms with Crippen LogP contribution in [0.25, 0.3) is 0 Å². The number of hydrogen-bond donors (Lipinski definition) is 2. The van der Waals surface area contributed by atoms with Gasteiger partial charge in [0.2, 0.25) is 10.0 Å². The summed E-state index contributed by atoms with van der Waals surface area (Å²) in [5.41, 5.74) is 0.300. The van der Waals surface area contributed by atoms with E-state index >= 15 is 0 Å². The third-order valence-corrected chi connectivity index (χ3v) is 5.54. The average Bonchev–Trinajstić information content (AvgIpc) is 2.09. The molecule has 0 amide bonds. The lowest BCUT2D eigenvalue weighted by Gasteiger charge is -2.45. The molecule has 4 nitrogen and oxygen atoms in total. The van der Waals surface area contributed by atoms with Gasteiger partial charge in [0.1, 0.15) is 0 Å². The molecule has 2 N–H and O–H groups in total. The van der Waals surface area contributed by atoms with Gasteiger partial charge in [-0.05, 0) is 37.0 Å². The van der Waals surface area contributed by atoms with E-state index in [4.69, 9.17) is 5.11 Å². The average molecular weight is 277 g/mol. The predicted octanol–water partition coefficient (Wildman–Crippen LogP) is 1.89. The third kappa shape index (κ3) is 4.21. The van der Waals surface area contributed by atoms with Crippen molar-refractivity contribution in [2.24, 2.45) is 10.8 Å². The van der Waals surface area contributed by atoms with E-state index < -0.39 is 15.3 Å². The first-order chi connectivity index (χ1) is 7.97. The summed E-state index contributed by atoms with van der Waals surface area (Å²) in [6.45, 7) is 9.93. The van der Waals surface area contributed by atoms with E-state index in [2.05, 4.69) is 32.4 Å². The Morgan fingerprint density at radius 1 is 1.22 bits per heavy atom. The van der Waals surface area contributed by atoms with Gasteiger partial charge in [0.05, 0.1) is 11.9 Å². The van der Waals surface area contributed by atoms with Crippen molar-refractivity contribution in [1.29, 1.82) is 0 Å². The molecule has 0 bridgehead atoms. The summed E-state index contributed by atoms with van der Waals surface area (Å²) >= 11 is 0. The van der Waals surface area contributed by atoms with Gasteiger partial charge < -0.3 is 5.11 Å².